The normalized spacial score (nSPS) is 11.4. The van der Waals surface area contributed by atoms with Crippen LogP contribution >= 0.6 is 34.5 Å². The fraction of sp³-hybridized carbons (Fsp3) is 0.0833. The number of fused-ring (bicyclic) bond motifs is 1. The summed E-state index contributed by atoms with van der Waals surface area (Å²) in [5, 5.41) is 17.3. The van der Waals surface area contributed by atoms with Crippen LogP contribution in [0.2, 0.25) is 10.0 Å². The minimum Gasteiger partial charge on any atom is -0.495 e. The molecule has 0 unspecified atom stereocenters. The van der Waals surface area contributed by atoms with Gasteiger partial charge in [-0.2, -0.15) is 9.61 Å². The van der Waals surface area contributed by atoms with Crippen LogP contribution in [-0.4, -0.2) is 32.8 Å². The number of aromatic nitrogens is 4. The van der Waals surface area contributed by atoms with Crippen molar-refractivity contribution in [3.8, 4) is 27.6 Å². The van der Waals surface area contributed by atoms with Crippen molar-refractivity contribution in [1.29, 1.82) is 0 Å². The smallest absolute Gasteiger partial charge is 0.248 e. The minimum absolute atomic E-state index is 0.350. The van der Waals surface area contributed by atoms with Crippen LogP contribution in [0.15, 0.2) is 59.0 Å². The summed E-state index contributed by atoms with van der Waals surface area (Å²) in [6, 6.07) is 14.1. The van der Waals surface area contributed by atoms with Gasteiger partial charge in [-0.15, -0.1) is 10.2 Å². The molecule has 0 aliphatic rings. The number of ether oxygens (including phenoxy) is 1. The quantitative estimate of drug-likeness (QED) is 0.258. The molecule has 0 fully saturated rings. The summed E-state index contributed by atoms with van der Waals surface area (Å²) in [5.74, 6) is 1.94. The number of carbonyl (C=O) groups is 1. The van der Waals surface area contributed by atoms with Crippen molar-refractivity contribution in [3.05, 3.63) is 76.2 Å². The van der Waals surface area contributed by atoms with E-state index in [0.29, 0.717) is 49.4 Å². The Bertz CT molecular complexity index is 1590. The summed E-state index contributed by atoms with van der Waals surface area (Å²) in [6.07, 6.45) is 2.95. The van der Waals surface area contributed by atoms with E-state index >= 15 is 0 Å². The Kier molecular flexibility index (Phi) is 6.29. The molecule has 0 saturated carbocycles. The Morgan fingerprint density at radius 2 is 2.00 bits per heavy atom. The predicted octanol–water partition coefficient (Wildman–Crippen LogP) is 6.39. The SMILES string of the molecule is COc1ccc(-c2nn3c(C)nnc3s2)cc1NC(=O)/C=C/c1ccc(-c2ccc(Cl)cc2Cl)o1. The zero-order chi connectivity index (χ0) is 24.5. The largest absolute Gasteiger partial charge is 0.495 e. The van der Waals surface area contributed by atoms with Gasteiger partial charge < -0.3 is 14.5 Å². The number of carbonyl (C=O) groups excluding carboxylic acids is 1. The van der Waals surface area contributed by atoms with E-state index in [4.69, 9.17) is 32.4 Å². The number of halogens is 2. The molecule has 3 heterocycles. The lowest BCUT2D eigenvalue weighted by atomic mass is 10.2. The first-order chi connectivity index (χ1) is 16.9. The predicted molar refractivity (Wildman–Crippen MR) is 137 cm³/mol. The van der Waals surface area contributed by atoms with Crippen molar-refractivity contribution in [2.45, 2.75) is 6.92 Å². The van der Waals surface area contributed by atoms with Crippen molar-refractivity contribution in [3.63, 3.8) is 0 Å². The second-order valence-corrected chi connectivity index (χ2v) is 9.21. The molecule has 3 aromatic heterocycles. The van der Waals surface area contributed by atoms with Gasteiger partial charge in [0, 0.05) is 22.2 Å². The summed E-state index contributed by atoms with van der Waals surface area (Å²) in [7, 11) is 1.54. The molecule has 0 bridgehead atoms. The summed E-state index contributed by atoms with van der Waals surface area (Å²) >= 11 is 13.6. The van der Waals surface area contributed by atoms with Gasteiger partial charge in [-0.25, -0.2) is 0 Å². The Balaban J connectivity index is 1.34. The first-order valence-electron chi connectivity index (χ1n) is 10.3. The third-order valence-corrected chi connectivity index (χ3v) is 6.57. The molecule has 0 atom stereocenters. The van der Waals surface area contributed by atoms with Gasteiger partial charge >= 0.3 is 0 Å². The van der Waals surface area contributed by atoms with Crippen molar-refractivity contribution >= 4 is 57.2 Å². The van der Waals surface area contributed by atoms with Gasteiger partial charge in [0.1, 0.15) is 22.3 Å². The maximum absolute atomic E-state index is 12.6. The first kappa shape index (κ1) is 23.1. The molecule has 0 radical (unpaired) electrons. The number of methoxy groups -OCH3 is 1. The fourth-order valence-electron chi connectivity index (χ4n) is 3.38. The van der Waals surface area contributed by atoms with E-state index in [0.717, 1.165) is 10.6 Å². The van der Waals surface area contributed by atoms with E-state index in [1.54, 1.807) is 60.2 Å². The number of anilines is 1. The lowest BCUT2D eigenvalue weighted by Crippen LogP contribution is -2.09. The highest BCUT2D eigenvalue weighted by atomic mass is 35.5. The van der Waals surface area contributed by atoms with Gasteiger partial charge in [-0.05, 0) is 61.5 Å². The standard InChI is InChI=1S/C24H17Cl2N5O3S/c1-13-28-29-24-31(13)30-23(35-24)14-3-8-21(33-2)19(11-14)27-22(32)10-6-16-5-9-20(34-16)17-7-4-15(25)12-18(17)26/h3-12H,1-2H3,(H,27,32)/b10-6+. The van der Waals surface area contributed by atoms with Crippen molar-refractivity contribution < 1.29 is 13.9 Å². The number of hydrogen-bond acceptors (Lipinski definition) is 7. The molecule has 176 valence electrons. The minimum atomic E-state index is -0.350. The highest BCUT2D eigenvalue weighted by Crippen LogP contribution is 2.34. The van der Waals surface area contributed by atoms with Crippen LogP contribution in [0.25, 0.3) is 32.9 Å². The first-order valence-corrected chi connectivity index (χ1v) is 11.9. The highest BCUT2D eigenvalue weighted by Gasteiger charge is 2.14. The molecule has 0 spiro atoms. The van der Waals surface area contributed by atoms with E-state index in [1.807, 2.05) is 13.0 Å². The van der Waals surface area contributed by atoms with Crippen LogP contribution in [0.5, 0.6) is 5.75 Å². The number of hydrogen-bond donors (Lipinski definition) is 1. The molecular formula is C24H17Cl2N5O3S. The second-order valence-electron chi connectivity index (χ2n) is 7.41. The van der Waals surface area contributed by atoms with Crippen LogP contribution in [0.3, 0.4) is 0 Å². The summed E-state index contributed by atoms with van der Waals surface area (Å²) in [5.41, 5.74) is 2.04. The number of nitrogens with one attached hydrogen (secondary N) is 1. The molecule has 8 nitrogen and oxygen atoms in total. The Morgan fingerprint density at radius 1 is 1.14 bits per heavy atom. The Morgan fingerprint density at radius 3 is 2.77 bits per heavy atom. The lowest BCUT2D eigenvalue weighted by molar-refractivity contribution is -0.111. The van der Waals surface area contributed by atoms with E-state index < -0.39 is 0 Å². The zero-order valence-corrected chi connectivity index (χ0v) is 20.8. The van der Waals surface area contributed by atoms with E-state index in [9.17, 15) is 4.79 Å². The van der Waals surface area contributed by atoms with E-state index in [-0.39, 0.29) is 5.91 Å². The maximum atomic E-state index is 12.6. The summed E-state index contributed by atoms with van der Waals surface area (Å²) in [6.45, 7) is 1.83. The molecule has 1 N–H and O–H groups in total. The number of rotatable bonds is 6. The summed E-state index contributed by atoms with van der Waals surface area (Å²) in [4.78, 5) is 13.3. The van der Waals surface area contributed by atoms with Crippen molar-refractivity contribution in [1.82, 2.24) is 19.8 Å². The Labute approximate surface area is 213 Å². The van der Waals surface area contributed by atoms with Gasteiger partial charge in [0.2, 0.25) is 10.9 Å². The number of aryl methyl sites for hydroxylation is 1. The zero-order valence-electron chi connectivity index (χ0n) is 18.5. The molecule has 0 aliphatic carbocycles. The highest BCUT2D eigenvalue weighted by molar-refractivity contribution is 7.19. The topological polar surface area (TPSA) is 94.5 Å². The molecule has 2 aromatic carbocycles. The summed E-state index contributed by atoms with van der Waals surface area (Å²) < 4.78 is 12.9. The van der Waals surface area contributed by atoms with Crippen LogP contribution in [-0.2, 0) is 4.79 Å². The second kappa shape index (κ2) is 9.53. The van der Waals surface area contributed by atoms with Crippen molar-refractivity contribution in [2.24, 2.45) is 0 Å². The lowest BCUT2D eigenvalue weighted by Gasteiger charge is -2.10. The molecule has 5 rings (SSSR count). The van der Waals surface area contributed by atoms with E-state index in [2.05, 4.69) is 20.6 Å². The van der Waals surface area contributed by atoms with Gasteiger partial charge in [-0.1, -0.05) is 34.5 Å². The van der Waals surface area contributed by atoms with Crippen molar-refractivity contribution in [2.75, 3.05) is 12.4 Å². The van der Waals surface area contributed by atoms with Gasteiger partial charge in [-0.3, -0.25) is 4.79 Å². The molecule has 0 saturated heterocycles. The van der Waals surface area contributed by atoms with Crippen LogP contribution in [0.4, 0.5) is 5.69 Å². The third kappa shape index (κ3) is 4.79. The number of nitrogens with zero attached hydrogens (tertiary/aromatic N) is 4. The number of furan rings is 1. The molecular weight excluding hydrogens is 509 g/mol. The number of benzene rings is 2. The van der Waals surface area contributed by atoms with Crippen LogP contribution < -0.4 is 10.1 Å². The maximum Gasteiger partial charge on any atom is 0.248 e. The average Bonchev–Trinajstić information content (AvgIpc) is 3.56. The third-order valence-electron chi connectivity index (χ3n) is 5.07. The average molecular weight is 526 g/mol. The van der Waals surface area contributed by atoms with Crippen LogP contribution in [0.1, 0.15) is 11.6 Å². The fourth-order valence-corrected chi connectivity index (χ4v) is 4.76. The molecule has 11 heteroatoms. The van der Waals surface area contributed by atoms with Gasteiger partial charge in [0.15, 0.2) is 5.82 Å². The molecule has 5 aromatic rings. The van der Waals surface area contributed by atoms with E-state index in [1.165, 1.54) is 17.4 Å². The molecule has 35 heavy (non-hydrogen) atoms. The monoisotopic (exact) mass is 525 g/mol. The molecule has 1 amide bonds. The van der Waals surface area contributed by atoms with Crippen LogP contribution in [0, 0.1) is 6.92 Å². The number of amides is 1. The van der Waals surface area contributed by atoms with Gasteiger partial charge in [0.05, 0.1) is 17.8 Å². The Hall–Kier alpha value is -3.66. The van der Waals surface area contributed by atoms with Gasteiger partial charge in [0.25, 0.3) is 0 Å². The molecule has 0 aliphatic heterocycles.